The Hall–Kier alpha value is -2.77. The molecule has 0 aliphatic carbocycles. The van der Waals surface area contributed by atoms with Crippen molar-refractivity contribution in [3.63, 3.8) is 0 Å². The summed E-state index contributed by atoms with van der Waals surface area (Å²) in [5, 5.41) is 11.5. The summed E-state index contributed by atoms with van der Waals surface area (Å²) in [6.07, 6.45) is 1.38. The SMILES string of the molecule is O=C(O)CC1CCCN1C(=O)CNC(=O)c1ccc2c(c1)OCO2. The number of nitrogens with one attached hydrogen (secondary N) is 1. The molecule has 2 aliphatic rings. The fourth-order valence-electron chi connectivity index (χ4n) is 2.98. The van der Waals surface area contributed by atoms with Gasteiger partial charge in [-0.15, -0.1) is 0 Å². The number of hydrogen-bond acceptors (Lipinski definition) is 5. The molecule has 1 atom stereocenters. The summed E-state index contributed by atoms with van der Waals surface area (Å²) in [5.41, 5.74) is 0.371. The number of rotatable bonds is 5. The predicted octanol–water partition coefficient (Wildman–Crippen LogP) is 0.611. The van der Waals surface area contributed by atoms with E-state index in [1.54, 1.807) is 18.2 Å². The summed E-state index contributed by atoms with van der Waals surface area (Å²) in [4.78, 5) is 36.8. The first-order valence-corrected chi connectivity index (χ1v) is 7.73. The van der Waals surface area contributed by atoms with Crippen LogP contribution >= 0.6 is 0 Å². The fraction of sp³-hybridized carbons (Fsp3) is 0.438. The predicted molar refractivity (Wildman–Crippen MR) is 81.9 cm³/mol. The average molecular weight is 334 g/mol. The first-order valence-electron chi connectivity index (χ1n) is 7.73. The number of carboxylic acids is 1. The molecule has 1 aromatic rings. The molecule has 1 saturated heterocycles. The Morgan fingerprint density at radius 2 is 2.04 bits per heavy atom. The zero-order valence-electron chi connectivity index (χ0n) is 13.0. The lowest BCUT2D eigenvalue weighted by Crippen LogP contribution is -2.43. The Morgan fingerprint density at radius 3 is 2.83 bits per heavy atom. The van der Waals surface area contributed by atoms with Gasteiger partial charge >= 0.3 is 5.97 Å². The maximum Gasteiger partial charge on any atom is 0.305 e. The number of ether oxygens (including phenoxy) is 2. The Kier molecular flexibility index (Phi) is 4.54. The van der Waals surface area contributed by atoms with Gasteiger partial charge in [-0.2, -0.15) is 0 Å². The molecule has 2 heterocycles. The minimum atomic E-state index is -0.927. The monoisotopic (exact) mass is 334 g/mol. The van der Waals surface area contributed by atoms with Crippen LogP contribution in [-0.2, 0) is 9.59 Å². The summed E-state index contributed by atoms with van der Waals surface area (Å²) in [6, 6.07) is 4.50. The summed E-state index contributed by atoms with van der Waals surface area (Å²) in [5.74, 6) is -0.515. The van der Waals surface area contributed by atoms with Crippen LogP contribution in [0.25, 0.3) is 0 Å². The number of benzene rings is 1. The molecule has 0 aromatic heterocycles. The Morgan fingerprint density at radius 1 is 1.25 bits per heavy atom. The number of fused-ring (bicyclic) bond motifs is 1. The van der Waals surface area contributed by atoms with E-state index in [4.69, 9.17) is 14.6 Å². The van der Waals surface area contributed by atoms with Gasteiger partial charge in [0.15, 0.2) is 11.5 Å². The first-order chi connectivity index (χ1) is 11.5. The van der Waals surface area contributed by atoms with Gasteiger partial charge in [0.1, 0.15) is 0 Å². The van der Waals surface area contributed by atoms with Crippen molar-refractivity contribution in [2.45, 2.75) is 25.3 Å². The maximum atomic E-state index is 12.2. The van der Waals surface area contributed by atoms with Crippen LogP contribution in [0.1, 0.15) is 29.6 Å². The quantitative estimate of drug-likeness (QED) is 0.817. The lowest BCUT2D eigenvalue weighted by molar-refractivity contribution is -0.139. The number of amides is 2. The number of nitrogens with zero attached hydrogens (tertiary/aromatic N) is 1. The normalized spacial score (nSPS) is 18.5. The number of hydrogen-bond donors (Lipinski definition) is 2. The van der Waals surface area contributed by atoms with Crippen LogP contribution in [0.5, 0.6) is 11.5 Å². The van der Waals surface area contributed by atoms with Gasteiger partial charge in [-0.1, -0.05) is 0 Å². The summed E-state index contributed by atoms with van der Waals surface area (Å²) in [7, 11) is 0. The van der Waals surface area contributed by atoms with E-state index in [0.29, 0.717) is 30.0 Å². The van der Waals surface area contributed by atoms with Gasteiger partial charge in [0.05, 0.1) is 13.0 Å². The van der Waals surface area contributed by atoms with E-state index < -0.39 is 11.9 Å². The van der Waals surface area contributed by atoms with Gasteiger partial charge < -0.3 is 24.8 Å². The van der Waals surface area contributed by atoms with E-state index in [9.17, 15) is 14.4 Å². The molecule has 0 radical (unpaired) electrons. The number of likely N-dealkylation sites (tertiary alicyclic amines) is 1. The van der Waals surface area contributed by atoms with Crippen LogP contribution in [-0.4, -0.2) is 53.7 Å². The van der Waals surface area contributed by atoms with Crippen molar-refractivity contribution in [2.24, 2.45) is 0 Å². The first kappa shape index (κ1) is 16.1. The Balaban J connectivity index is 1.56. The van der Waals surface area contributed by atoms with Crippen molar-refractivity contribution in [2.75, 3.05) is 19.9 Å². The molecule has 2 amide bonds. The van der Waals surface area contributed by atoms with Crippen molar-refractivity contribution in [3.8, 4) is 11.5 Å². The molecule has 2 N–H and O–H groups in total. The van der Waals surface area contributed by atoms with E-state index in [2.05, 4.69) is 5.32 Å². The second kappa shape index (κ2) is 6.77. The largest absolute Gasteiger partial charge is 0.481 e. The second-order valence-electron chi connectivity index (χ2n) is 5.73. The van der Waals surface area contributed by atoms with Crippen molar-refractivity contribution in [1.29, 1.82) is 0 Å². The fourth-order valence-corrected chi connectivity index (χ4v) is 2.98. The highest BCUT2D eigenvalue weighted by atomic mass is 16.7. The zero-order valence-corrected chi connectivity index (χ0v) is 13.0. The maximum absolute atomic E-state index is 12.2. The van der Waals surface area contributed by atoms with Crippen LogP contribution < -0.4 is 14.8 Å². The van der Waals surface area contributed by atoms with E-state index in [0.717, 1.165) is 6.42 Å². The topological polar surface area (TPSA) is 105 Å². The third kappa shape index (κ3) is 3.42. The minimum Gasteiger partial charge on any atom is -0.481 e. The second-order valence-corrected chi connectivity index (χ2v) is 5.73. The van der Waals surface area contributed by atoms with Gasteiger partial charge in [-0.25, -0.2) is 0 Å². The molecule has 0 spiro atoms. The number of carboxylic acid groups (broad SMARTS) is 1. The smallest absolute Gasteiger partial charge is 0.305 e. The van der Waals surface area contributed by atoms with Crippen LogP contribution in [0, 0.1) is 0 Å². The van der Waals surface area contributed by atoms with Crippen LogP contribution in [0.15, 0.2) is 18.2 Å². The molecule has 2 aliphatic heterocycles. The Bertz CT molecular complexity index is 675. The van der Waals surface area contributed by atoms with E-state index >= 15 is 0 Å². The average Bonchev–Trinajstić information content (AvgIpc) is 3.19. The number of carbonyl (C=O) groups excluding carboxylic acids is 2. The molecule has 1 fully saturated rings. The van der Waals surface area contributed by atoms with E-state index in [1.807, 2.05) is 0 Å². The van der Waals surface area contributed by atoms with Gasteiger partial charge in [0.25, 0.3) is 5.91 Å². The highest BCUT2D eigenvalue weighted by Gasteiger charge is 2.30. The van der Waals surface area contributed by atoms with Crippen molar-refractivity contribution < 1.29 is 29.0 Å². The molecule has 8 nitrogen and oxygen atoms in total. The standard InChI is InChI=1S/C16H18N2O6/c19-14(18-5-1-2-11(18)7-15(20)21)8-17-16(22)10-3-4-12-13(6-10)24-9-23-12/h3-4,6,11H,1-2,5,7-9H2,(H,17,22)(H,20,21). The molecule has 128 valence electrons. The zero-order chi connectivity index (χ0) is 17.1. The third-order valence-corrected chi connectivity index (χ3v) is 4.14. The number of aliphatic carboxylic acids is 1. The Labute approximate surface area is 138 Å². The minimum absolute atomic E-state index is 0.0676. The summed E-state index contributed by atoms with van der Waals surface area (Å²) in [6.45, 7) is 0.485. The highest BCUT2D eigenvalue weighted by molar-refractivity contribution is 5.97. The van der Waals surface area contributed by atoms with Gasteiger partial charge in [0, 0.05) is 18.2 Å². The van der Waals surface area contributed by atoms with E-state index in [1.165, 1.54) is 4.90 Å². The third-order valence-electron chi connectivity index (χ3n) is 4.14. The molecule has 3 rings (SSSR count). The molecular formula is C16H18N2O6. The molecule has 1 unspecified atom stereocenters. The molecule has 0 saturated carbocycles. The van der Waals surface area contributed by atoms with E-state index in [-0.39, 0.29) is 31.7 Å². The van der Waals surface area contributed by atoms with Crippen molar-refractivity contribution >= 4 is 17.8 Å². The van der Waals surface area contributed by atoms with Crippen LogP contribution in [0.2, 0.25) is 0 Å². The summed E-state index contributed by atoms with van der Waals surface area (Å²) >= 11 is 0. The molecule has 0 bridgehead atoms. The lowest BCUT2D eigenvalue weighted by Gasteiger charge is -2.23. The molecule has 8 heteroatoms. The van der Waals surface area contributed by atoms with Gasteiger partial charge in [-0.05, 0) is 31.0 Å². The molecule has 1 aromatic carbocycles. The highest BCUT2D eigenvalue weighted by Crippen LogP contribution is 2.32. The van der Waals surface area contributed by atoms with Crippen LogP contribution in [0.3, 0.4) is 0 Å². The van der Waals surface area contributed by atoms with Crippen LogP contribution in [0.4, 0.5) is 0 Å². The molecular weight excluding hydrogens is 316 g/mol. The number of carbonyl (C=O) groups is 3. The van der Waals surface area contributed by atoms with Crippen molar-refractivity contribution in [3.05, 3.63) is 23.8 Å². The van der Waals surface area contributed by atoms with Crippen molar-refractivity contribution in [1.82, 2.24) is 10.2 Å². The lowest BCUT2D eigenvalue weighted by atomic mass is 10.1. The molecule has 24 heavy (non-hydrogen) atoms. The van der Waals surface area contributed by atoms with Gasteiger partial charge in [-0.3, -0.25) is 14.4 Å². The summed E-state index contributed by atoms with van der Waals surface area (Å²) < 4.78 is 10.4. The van der Waals surface area contributed by atoms with Gasteiger partial charge in [0.2, 0.25) is 12.7 Å².